The smallest absolute Gasteiger partial charge is 0.286 e. The van der Waals surface area contributed by atoms with Crippen LogP contribution >= 0.6 is 0 Å². The molecule has 0 radical (unpaired) electrons. The van der Waals surface area contributed by atoms with Crippen molar-refractivity contribution in [2.45, 2.75) is 64.8 Å². The zero-order valence-electron chi connectivity index (χ0n) is 17.6. The van der Waals surface area contributed by atoms with Crippen molar-refractivity contribution in [3.05, 3.63) is 41.5 Å². The molecule has 5 heteroatoms. The molecular formula is C22H34O4Si. The van der Waals surface area contributed by atoms with Crippen LogP contribution in [0.5, 0.6) is 0 Å². The summed E-state index contributed by atoms with van der Waals surface area (Å²) in [5.41, 5.74) is 2.38. The van der Waals surface area contributed by atoms with Crippen LogP contribution in [0.3, 0.4) is 0 Å². The van der Waals surface area contributed by atoms with Crippen molar-refractivity contribution in [3.8, 4) is 0 Å². The molecule has 3 fully saturated rings. The summed E-state index contributed by atoms with van der Waals surface area (Å²) >= 11 is 0. The van der Waals surface area contributed by atoms with Gasteiger partial charge < -0.3 is 18.6 Å². The molecule has 2 bridgehead atoms. The molecule has 3 aliphatic heterocycles. The van der Waals surface area contributed by atoms with E-state index in [1.807, 2.05) is 0 Å². The summed E-state index contributed by atoms with van der Waals surface area (Å²) in [7, 11) is -1.77. The molecule has 1 aromatic rings. The molecule has 0 unspecified atom stereocenters. The maximum absolute atomic E-state index is 6.41. The lowest BCUT2D eigenvalue weighted by Crippen LogP contribution is -2.58. The standard InChI is InChI=1S/C22H34O4Si/c1-20(2,3)27(5,6)26-14-19-11-8-7-10-18(19)12-9-13-22-23-15-21(4,16-24-22)17-25-22/h7-12H,13-17H2,1-6H3/b12-9+. The van der Waals surface area contributed by atoms with Crippen LogP contribution in [0.25, 0.3) is 6.08 Å². The average Bonchev–Trinajstić information content (AvgIpc) is 2.61. The first kappa shape index (κ1) is 20.7. The quantitative estimate of drug-likeness (QED) is 0.614. The molecule has 3 saturated heterocycles. The van der Waals surface area contributed by atoms with Gasteiger partial charge >= 0.3 is 0 Å². The Morgan fingerprint density at radius 3 is 2.26 bits per heavy atom. The van der Waals surface area contributed by atoms with Gasteiger partial charge in [-0.15, -0.1) is 0 Å². The molecular weight excluding hydrogens is 356 g/mol. The third kappa shape index (κ3) is 4.72. The Morgan fingerprint density at radius 1 is 1.07 bits per heavy atom. The summed E-state index contributed by atoms with van der Waals surface area (Å²) in [5, 5.41) is 0.208. The molecule has 4 rings (SSSR count). The van der Waals surface area contributed by atoms with E-state index in [9.17, 15) is 0 Å². The third-order valence-corrected chi connectivity index (χ3v) is 10.5. The Labute approximate surface area is 165 Å². The Kier molecular flexibility index (Phi) is 5.72. The highest BCUT2D eigenvalue weighted by molar-refractivity contribution is 6.74. The molecule has 0 aromatic heterocycles. The van der Waals surface area contributed by atoms with E-state index in [2.05, 4.69) is 77.2 Å². The van der Waals surface area contributed by atoms with Gasteiger partial charge in [-0.2, -0.15) is 0 Å². The molecule has 0 saturated carbocycles. The molecule has 0 spiro atoms. The van der Waals surface area contributed by atoms with Crippen molar-refractivity contribution in [1.82, 2.24) is 0 Å². The predicted octanol–water partition coefficient (Wildman–Crippen LogP) is 5.35. The van der Waals surface area contributed by atoms with Crippen LogP contribution in [0.1, 0.15) is 45.2 Å². The molecule has 0 amide bonds. The summed E-state index contributed by atoms with van der Waals surface area (Å²) in [5.74, 6) is -0.902. The first-order valence-electron chi connectivity index (χ1n) is 9.85. The van der Waals surface area contributed by atoms with E-state index in [-0.39, 0.29) is 10.5 Å². The van der Waals surface area contributed by atoms with Crippen molar-refractivity contribution in [1.29, 1.82) is 0 Å². The minimum absolute atomic E-state index is 0.000844. The van der Waals surface area contributed by atoms with E-state index < -0.39 is 14.3 Å². The number of rotatable bonds is 6. The first-order chi connectivity index (χ1) is 12.5. The second kappa shape index (κ2) is 7.45. The normalized spacial score (nSPS) is 28.8. The van der Waals surface area contributed by atoms with Crippen molar-refractivity contribution in [3.63, 3.8) is 0 Å². The monoisotopic (exact) mass is 390 g/mol. The van der Waals surface area contributed by atoms with Crippen LogP contribution in [-0.4, -0.2) is 34.1 Å². The Hall–Kier alpha value is -0.983. The molecule has 1 aromatic carbocycles. The fourth-order valence-electron chi connectivity index (χ4n) is 2.91. The Balaban J connectivity index is 1.63. The summed E-state index contributed by atoms with van der Waals surface area (Å²) in [6, 6.07) is 8.39. The minimum Gasteiger partial charge on any atom is -0.413 e. The van der Waals surface area contributed by atoms with Crippen LogP contribution in [-0.2, 0) is 25.2 Å². The van der Waals surface area contributed by atoms with Gasteiger partial charge in [0.25, 0.3) is 5.97 Å². The lowest BCUT2D eigenvalue weighted by atomic mass is 9.91. The summed E-state index contributed by atoms with van der Waals surface area (Å²) in [6.45, 7) is 16.2. The predicted molar refractivity (Wildman–Crippen MR) is 111 cm³/mol. The fourth-order valence-corrected chi connectivity index (χ4v) is 3.86. The molecule has 4 nitrogen and oxygen atoms in total. The van der Waals surface area contributed by atoms with E-state index in [0.29, 0.717) is 32.8 Å². The molecule has 0 aliphatic carbocycles. The van der Waals surface area contributed by atoms with E-state index >= 15 is 0 Å². The van der Waals surface area contributed by atoms with Gasteiger partial charge in [0, 0.05) is 11.8 Å². The number of benzene rings is 1. The topological polar surface area (TPSA) is 36.9 Å². The lowest BCUT2D eigenvalue weighted by Gasteiger charge is -2.50. The second-order valence-electron chi connectivity index (χ2n) is 9.71. The summed E-state index contributed by atoms with van der Waals surface area (Å²) < 4.78 is 24.0. The van der Waals surface area contributed by atoms with E-state index in [1.54, 1.807) is 0 Å². The zero-order valence-corrected chi connectivity index (χ0v) is 18.6. The van der Waals surface area contributed by atoms with Crippen LogP contribution in [0.2, 0.25) is 18.1 Å². The van der Waals surface area contributed by atoms with Crippen LogP contribution in [0.15, 0.2) is 30.3 Å². The summed E-state index contributed by atoms with van der Waals surface area (Å²) in [4.78, 5) is 0. The van der Waals surface area contributed by atoms with Crippen molar-refractivity contribution < 1.29 is 18.6 Å². The highest BCUT2D eigenvalue weighted by Crippen LogP contribution is 2.40. The zero-order chi connectivity index (χ0) is 19.8. The molecule has 150 valence electrons. The van der Waals surface area contributed by atoms with Crippen LogP contribution in [0, 0.1) is 5.41 Å². The average molecular weight is 391 g/mol. The number of fused-ring (bicyclic) bond motifs is 3. The number of ether oxygens (including phenoxy) is 3. The maximum atomic E-state index is 6.41. The number of hydrogen-bond donors (Lipinski definition) is 0. The van der Waals surface area contributed by atoms with E-state index in [0.717, 1.165) is 0 Å². The van der Waals surface area contributed by atoms with Crippen LogP contribution in [0.4, 0.5) is 0 Å². The fraction of sp³-hybridized carbons (Fsp3) is 0.636. The Bertz CT molecular complexity index is 665. The molecule has 27 heavy (non-hydrogen) atoms. The third-order valence-electron chi connectivity index (χ3n) is 6.04. The minimum atomic E-state index is -1.77. The molecule has 3 heterocycles. The SMILES string of the molecule is CC12COC(C/C=C/c3ccccc3CO[Si](C)(C)C(C)(C)C)(OC1)OC2. The van der Waals surface area contributed by atoms with Gasteiger partial charge in [0.05, 0.1) is 26.4 Å². The van der Waals surface area contributed by atoms with Gasteiger partial charge in [-0.25, -0.2) is 0 Å². The lowest BCUT2D eigenvalue weighted by molar-refractivity contribution is -0.463. The van der Waals surface area contributed by atoms with E-state index in [1.165, 1.54) is 11.1 Å². The van der Waals surface area contributed by atoms with Crippen molar-refractivity contribution in [2.75, 3.05) is 19.8 Å². The van der Waals surface area contributed by atoms with Gasteiger partial charge in [-0.1, -0.05) is 64.1 Å². The summed E-state index contributed by atoms with van der Waals surface area (Å²) in [6.07, 6.45) is 4.79. The van der Waals surface area contributed by atoms with Gasteiger partial charge in [0.1, 0.15) is 0 Å². The second-order valence-corrected chi connectivity index (χ2v) is 14.5. The number of hydrogen-bond acceptors (Lipinski definition) is 4. The van der Waals surface area contributed by atoms with Gasteiger partial charge in [-0.05, 0) is 29.3 Å². The highest BCUT2D eigenvalue weighted by Gasteiger charge is 2.49. The van der Waals surface area contributed by atoms with Crippen molar-refractivity contribution >= 4 is 14.4 Å². The van der Waals surface area contributed by atoms with Gasteiger partial charge in [0.2, 0.25) is 0 Å². The first-order valence-corrected chi connectivity index (χ1v) is 12.8. The molecule has 3 aliphatic rings. The molecule has 0 N–H and O–H groups in total. The maximum Gasteiger partial charge on any atom is 0.286 e. The highest BCUT2D eigenvalue weighted by atomic mass is 28.4. The van der Waals surface area contributed by atoms with Gasteiger partial charge in [-0.3, -0.25) is 0 Å². The largest absolute Gasteiger partial charge is 0.413 e. The van der Waals surface area contributed by atoms with Gasteiger partial charge in [0.15, 0.2) is 8.32 Å². The molecule has 0 atom stereocenters. The van der Waals surface area contributed by atoms with Crippen molar-refractivity contribution in [2.24, 2.45) is 5.41 Å². The Morgan fingerprint density at radius 2 is 1.67 bits per heavy atom. The van der Waals surface area contributed by atoms with Crippen LogP contribution < -0.4 is 0 Å². The van der Waals surface area contributed by atoms with E-state index in [4.69, 9.17) is 18.6 Å².